The average molecular weight is 483 g/mol. The maximum Gasteiger partial charge on any atom is 0.406 e. The summed E-state index contributed by atoms with van der Waals surface area (Å²) in [6.07, 6.45) is 1.47. The van der Waals surface area contributed by atoms with Gasteiger partial charge >= 0.3 is 6.18 Å². The molecule has 5 rings (SSSR count). The highest BCUT2D eigenvalue weighted by Crippen LogP contribution is 2.62. The number of nitrogens with two attached hydrogens (primary N) is 1. The average Bonchev–Trinajstić information content (AvgIpc) is 3.24. The first-order valence-corrected chi connectivity index (χ1v) is 11.4. The number of pyridine rings is 1. The third-order valence-electron chi connectivity index (χ3n) is 7.67. The summed E-state index contributed by atoms with van der Waals surface area (Å²) in [5.74, 6) is -1.14. The van der Waals surface area contributed by atoms with Crippen LogP contribution in [0.25, 0.3) is 11.1 Å². The third kappa shape index (κ3) is 3.57. The first kappa shape index (κ1) is 23.3. The van der Waals surface area contributed by atoms with Gasteiger partial charge in [-0.3, -0.25) is 14.7 Å². The number of hydrogen-bond acceptors (Lipinski definition) is 6. The maximum absolute atomic E-state index is 13.9. The molecule has 1 fully saturated rings. The standard InChI is InChI=1S/C25H24F3N5O2/c1-35-19-4-6-23(7-5-19)10-17-3-2-16(18-8-15(11-29)12-31-13-18)9-20(17)25(23)21(34)33(22(30)32-25)14-24(26,27)28/h2-3,8-9,12-13,19H,4-7,10,14H2,1H3,(H2,30,32). The summed E-state index contributed by atoms with van der Waals surface area (Å²) >= 11 is 0. The van der Waals surface area contributed by atoms with Crippen molar-refractivity contribution in [1.82, 2.24) is 9.88 Å². The van der Waals surface area contributed by atoms with Crippen molar-refractivity contribution in [3.63, 3.8) is 0 Å². The van der Waals surface area contributed by atoms with E-state index >= 15 is 0 Å². The van der Waals surface area contributed by atoms with Crippen LogP contribution in [-0.2, 0) is 21.5 Å². The first-order valence-electron chi connectivity index (χ1n) is 11.4. The lowest BCUT2D eigenvalue weighted by atomic mass is 9.61. The second-order valence-corrected chi connectivity index (χ2v) is 9.53. The fraction of sp³-hybridized carbons (Fsp3) is 0.440. The largest absolute Gasteiger partial charge is 0.406 e. The van der Waals surface area contributed by atoms with Gasteiger partial charge in [0, 0.05) is 30.5 Å². The number of ether oxygens (including phenoxy) is 1. The molecular weight excluding hydrogens is 459 g/mol. The number of fused-ring (bicyclic) bond motifs is 3. The van der Waals surface area contributed by atoms with Crippen LogP contribution in [0.2, 0.25) is 0 Å². The maximum atomic E-state index is 13.9. The van der Waals surface area contributed by atoms with Crippen molar-refractivity contribution >= 4 is 11.9 Å². The number of amides is 1. The van der Waals surface area contributed by atoms with Gasteiger partial charge in [-0.25, -0.2) is 4.99 Å². The van der Waals surface area contributed by atoms with Gasteiger partial charge in [0.05, 0.1) is 11.7 Å². The number of guanidine groups is 1. The van der Waals surface area contributed by atoms with Gasteiger partial charge in [0.1, 0.15) is 12.6 Å². The molecule has 1 amide bonds. The smallest absolute Gasteiger partial charge is 0.381 e. The van der Waals surface area contributed by atoms with Gasteiger partial charge < -0.3 is 10.5 Å². The monoisotopic (exact) mass is 483 g/mol. The molecular formula is C25H24F3N5O2. The highest BCUT2D eigenvalue weighted by Gasteiger charge is 2.67. The van der Waals surface area contributed by atoms with Crippen molar-refractivity contribution in [2.75, 3.05) is 13.7 Å². The molecule has 1 atom stereocenters. The number of alkyl halides is 3. The van der Waals surface area contributed by atoms with E-state index in [-0.39, 0.29) is 6.10 Å². The number of carbonyl (C=O) groups excluding carboxylic acids is 1. The molecule has 0 bridgehead atoms. The van der Waals surface area contributed by atoms with E-state index in [2.05, 4.69) is 16.0 Å². The Labute approximate surface area is 200 Å². The number of aliphatic imine (C=N–C) groups is 1. The van der Waals surface area contributed by atoms with Crippen LogP contribution in [0.4, 0.5) is 13.2 Å². The molecule has 1 aliphatic heterocycles. The Kier molecular flexibility index (Phi) is 5.36. The lowest BCUT2D eigenvalue weighted by Crippen LogP contribution is -2.53. The summed E-state index contributed by atoms with van der Waals surface area (Å²) < 4.78 is 45.6. The van der Waals surface area contributed by atoms with Crippen LogP contribution in [0.5, 0.6) is 0 Å². The second-order valence-electron chi connectivity index (χ2n) is 9.53. The molecule has 1 aromatic heterocycles. The molecule has 3 aliphatic rings. The SMILES string of the molecule is COC1CCC2(CC1)Cc1ccc(-c3cncc(C#N)c3)cc1C21N=C(N)N(CC(F)(F)F)C1=O. The molecule has 2 heterocycles. The Morgan fingerprint density at radius 3 is 2.63 bits per heavy atom. The Bertz CT molecular complexity index is 1260. The first-order chi connectivity index (χ1) is 16.6. The van der Waals surface area contributed by atoms with Crippen molar-refractivity contribution < 1.29 is 22.7 Å². The zero-order valence-electron chi connectivity index (χ0n) is 19.1. The molecule has 7 nitrogen and oxygen atoms in total. The van der Waals surface area contributed by atoms with Crippen LogP contribution in [0, 0.1) is 16.7 Å². The van der Waals surface area contributed by atoms with Crippen molar-refractivity contribution in [3.8, 4) is 17.2 Å². The molecule has 2 aromatic rings. The van der Waals surface area contributed by atoms with Crippen LogP contribution in [0.15, 0.2) is 41.7 Å². The molecule has 0 saturated heterocycles. The number of carbonyl (C=O) groups is 1. The predicted molar refractivity (Wildman–Crippen MR) is 121 cm³/mol. The molecule has 1 unspecified atom stereocenters. The number of halogens is 3. The molecule has 2 aliphatic carbocycles. The van der Waals surface area contributed by atoms with E-state index in [1.54, 1.807) is 25.4 Å². The van der Waals surface area contributed by atoms with Crippen LogP contribution < -0.4 is 5.73 Å². The van der Waals surface area contributed by atoms with E-state index in [4.69, 9.17) is 10.5 Å². The van der Waals surface area contributed by atoms with Crippen molar-refractivity contribution in [2.24, 2.45) is 16.1 Å². The molecule has 182 valence electrons. The Hall–Kier alpha value is -3.45. The molecule has 1 saturated carbocycles. The number of rotatable bonds is 3. The number of aromatic nitrogens is 1. The van der Waals surface area contributed by atoms with Crippen molar-refractivity contribution in [2.45, 2.75) is 49.9 Å². The number of nitrogens with zero attached hydrogens (tertiary/aromatic N) is 4. The van der Waals surface area contributed by atoms with E-state index < -0.39 is 35.5 Å². The van der Waals surface area contributed by atoms with E-state index in [9.17, 15) is 23.2 Å². The number of methoxy groups -OCH3 is 1. The van der Waals surface area contributed by atoms with Gasteiger partial charge in [0.2, 0.25) is 0 Å². The number of benzene rings is 1. The zero-order valence-corrected chi connectivity index (χ0v) is 19.1. The zero-order chi connectivity index (χ0) is 25.0. The normalized spacial score (nSPS) is 27.9. The highest BCUT2D eigenvalue weighted by molar-refractivity contribution is 6.08. The van der Waals surface area contributed by atoms with Crippen LogP contribution in [0.1, 0.15) is 42.4 Å². The summed E-state index contributed by atoms with van der Waals surface area (Å²) in [6.45, 7) is -1.48. The van der Waals surface area contributed by atoms with Crippen LogP contribution in [0.3, 0.4) is 0 Å². The summed E-state index contributed by atoms with van der Waals surface area (Å²) in [6, 6.07) is 9.31. The predicted octanol–water partition coefficient (Wildman–Crippen LogP) is 3.67. The molecule has 2 N–H and O–H groups in total. The fourth-order valence-corrected chi connectivity index (χ4v) is 6.03. The number of nitriles is 1. The summed E-state index contributed by atoms with van der Waals surface area (Å²) in [5.41, 5.74) is 6.96. The van der Waals surface area contributed by atoms with Crippen LogP contribution >= 0.6 is 0 Å². The molecule has 2 spiro atoms. The van der Waals surface area contributed by atoms with Gasteiger partial charge in [-0.1, -0.05) is 12.1 Å². The molecule has 0 radical (unpaired) electrons. The topological polar surface area (TPSA) is 105 Å². The molecule has 10 heteroatoms. The minimum Gasteiger partial charge on any atom is -0.381 e. The van der Waals surface area contributed by atoms with Gasteiger partial charge in [-0.15, -0.1) is 0 Å². The van der Waals surface area contributed by atoms with Crippen molar-refractivity contribution in [3.05, 3.63) is 53.3 Å². The second kappa shape index (κ2) is 8.05. The minimum atomic E-state index is -4.62. The Morgan fingerprint density at radius 2 is 1.97 bits per heavy atom. The van der Waals surface area contributed by atoms with E-state index in [0.717, 1.165) is 5.56 Å². The highest BCUT2D eigenvalue weighted by atomic mass is 19.4. The van der Waals surface area contributed by atoms with Gasteiger partial charge in [-0.2, -0.15) is 18.4 Å². The quantitative estimate of drug-likeness (QED) is 0.718. The van der Waals surface area contributed by atoms with E-state index in [0.29, 0.717) is 59.3 Å². The number of hydrogen-bond donors (Lipinski definition) is 1. The van der Waals surface area contributed by atoms with E-state index in [1.807, 2.05) is 12.1 Å². The van der Waals surface area contributed by atoms with E-state index in [1.165, 1.54) is 6.20 Å². The lowest BCUT2D eigenvalue weighted by Gasteiger charge is -2.45. The van der Waals surface area contributed by atoms with Gasteiger partial charge in [0.15, 0.2) is 11.5 Å². The van der Waals surface area contributed by atoms with Crippen molar-refractivity contribution in [1.29, 1.82) is 5.26 Å². The fourth-order valence-electron chi connectivity index (χ4n) is 6.03. The summed E-state index contributed by atoms with van der Waals surface area (Å²) in [4.78, 5) is 23.1. The Balaban J connectivity index is 1.66. The summed E-state index contributed by atoms with van der Waals surface area (Å²) in [5, 5.41) is 9.25. The molecule has 1 aromatic carbocycles. The Morgan fingerprint density at radius 1 is 1.23 bits per heavy atom. The molecule has 35 heavy (non-hydrogen) atoms. The minimum absolute atomic E-state index is 0.0286. The summed E-state index contributed by atoms with van der Waals surface area (Å²) in [7, 11) is 1.64. The third-order valence-corrected chi connectivity index (χ3v) is 7.67. The van der Waals surface area contributed by atoms with Gasteiger partial charge in [0.25, 0.3) is 5.91 Å². The lowest BCUT2D eigenvalue weighted by molar-refractivity contribution is -0.158. The van der Waals surface area contributed by atoms with Gasteiger partial charge in [-0.05, 0) is 60.9 Å². The van der Waals surface area contributed by atoms with Crippen LogP contribution in [-0.4, -0.2) is 47.7 Å².